The fourth-order valence-electron chi connectivity index (χ4n) is 3.99. The minimum absolute atomic E-state index is 0.272. The Balaban J connectivity index is 2.03. The highest BCUT2D eigenvalue weighted by Crippen LogP contribution is 2.40. The first-order valence-electron chi connectivity index (χ1n) is 10.2. The van der Waals surface area contributed by atoms with Crippen molar-refractivity contribution in [2.24, 2.45) is 0 Å². The summed E-state index contributed by atoms with van der Waals surface area (Å²) < 4.78 is 12.3. The van der Waals surface area contributed by atoms with E-state index in [-0.39, 0.29) is 6.61 Å². The molecule has 2 aromatic carbocycles. The highest BCUT2D eigenvalue weighted by atomic mass is 16.7. The molecule has 3 aromatic rings. The van der Waals surface area contributed by atoms with Crippen LogP contribution in [0.4, 0.5) is 9.59 Å². The Morgan fingerprint density at radius 3 is 2.35 bits per heavy atom. The monoisotopic (exact) mass is 422 g/mol. The van der Waals surface area contributed by atoms with Gasteiger partial charge < -0.3 is 9.47 Å². The van der Waals surface area contributed by atoms with E-state index in [2.05, 4.69) is 0 Å². The molecule has 0 radical (unpaired) electrons. The molecule has 7 heteroatoms. The SMILES string of the molecule is COC(=O)N1OCCc2c(n(C(=O)OC(C)(C)C)c3ccccc23)C1c1ccccc1. The highest BCUT2D eigenvalue weighted by molar-refractivity contribution is 5.94. The molecule has 0 aliphatic carbocycles. The lowest BCUT2D eigenvalue weighted by Crippen LogP contribution is -2.37. The third-order valence-corrected chi connectivity index (χ3v) is 5.14. The number of hydrogen-bond acceptors (Lipinski definition) is 5. The molecular weight excluding hydrogens is 396 g/mol. The summed E-state index contributed by atoms with van der Waals surface area (Å²) in [6.45, 7) is 5.75. The van der Waals surface area contributed by atoms with Crippen LogP contribution in [0.5, 0.6) is 0 Å². The molecule has 162 valence electrons. The van der Waals surface area contributed by atoms with Crippen molar-refractivity contribution in [3.63, 3.8) is 0 Å². The van der Waals surface area contributed by atoms with E-state index in [1.165, 1.54) is 12.2 Å². The van der Waals surface area contributed by atoms with E-state index in [4.69, 9.17) is 14.3 Å². The minimum atomic E-state index is -0.689. The molecule has 1 aliphatic rings. The summed E-state index contributed by atoms with van der Waals surface area (Å²) in [6.07, 6.45) is -0.608. The van der Waals surface area contributed by atoms with Gasteiger partial charge in [0.1, 0.15) is 11.6 Å². The summed E-state index contributed by atoms with van der Waals surface area (Å²) in [4.78, 5) is 31.9. The number of nitrogens with zero attached hydrogens (tertiary/aromatic N) is 2. The van der Waals surface area contributed by atoms with Crippen LogP contribution < -0.4 is 0 Å². The number of para-hydroxylation sites is 1. The number of methoxy groups -OCH3 is 1. The van der Waals surface area contributed by atoms with Gasteiger partial charge >= 0.3 is 12.2 Å². The molecule has 0 spiro atoms. The van der Waals surface area contributed by atoms with E-state index in [9.17, 15) is 9.59 Å². The van der Waals surface area contributed by atoms with Gasteiger partial charge in [-0.1, -0.05) is 48.5 Å². The third-order valence-electron chi connectivity index (χ3n) is 5.14. The first-order valence-corrected chi connectivity index (χ1v) is 10.2. The summed E-state index contributed by atoms with van der Waals surface area (Å²) in [5, 5.41) is 2.14. The van der Waals surface area contributed by atoms with E-state index in [0.717, 1.165) is 22.0 Å². The molecule has 7 nitrogen and oxygen atoms in total. The summed E-state index contributed by atoms with van der Waals surface area (Å²) in [7, 11) is 1.31. The maximum atomic E-state index is 13.4. The van der Waals surface area contributed by atoms with Crippen LogP contribution in [0, 0.1) is 0 Å². The molecule has 1 amide bonds. The van der Waals surface area contributed by atoms with Gasteiger partial charge in [0.2, 0.25) is 0 Å². The standard InChI is InChI=1S/C24H26N2O5/c1-24(2,3)31-22(27)25-19-13-9-8-12-17(19)18-14-15-30-26(23(28)29-4)20(21(18)25)16-10-6-5-7-11-16/h5-13,20H,14-15H2,1-4H3. The average molecular weight is 422 g/mol. The number of benzene rings is 2. The lowest BCUT2D eigenvalue weighted by atomic mass is 9.98. The van der Waals surface area contributed by atoms with Gasteiger partial charge in [-0.05, 0) is 38.0 Å². The van der Waals surface area contributed by atoms with Crippen molar-refractivity contribution >= 4 is 23.1 Å². The molecule has 1 unspecified atom stereocenters. The van der Waals surface area contributed by atoms with Crippen LogP contribution in [0.2, 0.25) is 0 Å². The van der Waals surface area contributed by atoms with Crippen LogP contribution in [0.1, 0.15) is 43.6 Å². The summed E-state index contributed by atoms with van der Waals surface area (Å²) in [6, 6.07) is 16.5. The largest absolute Gasteiger partial charge is 0.451 e. The van der Waals surface area contributed by atoms with Gasteiger partial charge in [0.15, 0.2) is 0 Å². The fraction of sp³-hybridized carbons (Fsp3) is 0.333. The number of carbonyl (C=O) groups excluding carboxylic acids is 2. The Morgan fingerprint density at radius 1 is 1.00 bits per heavy atom. The van der Waals surface area contributed by atoms with Gasteiger partial charge in [-0.25, -0.2) is 14.2 Å². The maximum Gasteiger partial charge on any atom is 0.434 e. The van der Waals surface area contributed by atoms with Gasteiger partial charge in [0.25, 0.3) is 0 Å². The van der Waals surface area contributed by atoms with Crippen molar-refractivity contribution in [1.29, 1.82) is 0 Å². The first kappa shape index (κ1) is 20.9. The van der Waals surface area contributed by atoms with Crippen LogP contribution >= 0.6 is 0 Å². The zero-order chi connectivity index (χ0) is 22.2. The second-order valence-corrected chi connectivity index (χ2v) is 8.39. The minimum Gasteiger partial charge on any atom is -0.451 e. The lowest BCUT2D eigenvalue weighted by Gasteiger charge is -2.29. The van der Waals surface area contributed by atoms with E-state index in [1.54, 1.807) is 4.57 Å². The molecule has 1 aliphatic heterocycles. The van der Waals surface area contributed by atoms with Crippen molar-refractivity contribution in [3.05, 3.63) is 71.4 Å². The van der Waals surface area contributed by atoms with Crippen LogP contribution in [0.15, 0.2) is 54.6 Å². The number of amides is 1. The molecule has 2 heterocycles. The van der Waals surface area contributed by atoms with Crippen LogP contribution in [-0.2, 0) is 20.7 Å². The number of fused-ring (bicyclic) bond motifs is 3. The third kappa shape index (κ3) is 3.88. The van der Waals surface area contributed by atoms with E-state index < -0.39 is 23.8 Å². The Labute approximate surface area is 181 Å². The van der Waals surface area contributed by atoms with Crippen molar-refractivity contribution in [2.45, 2.75) is 38.8 Å². The Kier molecular flexibility index (Phi) is 5.45. The van der Waals surface area contributed by atoms with Gasteiger partial charge in [-0.3, -0.25) is 4.84 Å². The van der Waals surface area contributed by atoms with Crippen LogP contribution in [0.25, 0.3) is 10.9 Å². The first-order chi connectivity index (χ1) is 14.8. The van der Waals surface area contributed by atoms with Crippen LogP contribution in [-0.4, -0.2) is 41.1 Å². The van der Waals surface area contributed by atoms with Crippen molar-refractivity contribution < 1.29 is 23.9 Å². The molecule has 0 fully saturated rings. The zero-order valence-corrected chi connectivity index (χ0v) is 18.1. The smallest absolute Gasteiger partial charge is 0.434 e. The predicted molar refractivity (Wildman–Crippen MR) is 116 cm³/mol. The van der Waals surface area contributed by atoms with Gasteiger partial charge in [-0.2, -0.15) is 5.06 Å². The topological polar surface area (TPSA) is 70.0 Å². The molecule has 0 saturated heterocycles. The van der Waals surface area contributed by atoms with Gasteiger partial charge in [-0.15, -0.1) is 0 Å². The molecule has 0 N–H and O–H groups in total. The normalized spacial score (nSPS) is 16.5. The zero-order valence-electron chi connectivity index (χ0n) is 18.1. The predicted octanol–water partition coefficient (Wildman–Crippen LogP) is 5.07. The molecule has 31 heavy (non-hydrogen) atoms. The fourth-order valence-corrected chi connectivity index (χ4v) is 3.99. The molecule has 0 bridgehead atoms. The van der Waals surface area contributed by atoms with Crippen molar-refractivity contribution in [1.82, 2.24) is 9.63 Å². The van der Waals surface area contributed by atoms with Crippen molar-refractivity contribution in [3.8, 4) is 0 Å². The summed E-state index contributed by atoms with van der Waals surface area (Å²) >= 11 is 0. The van der Waals surface area contributed by atoms with E-state index >= 15 is 0 Å². The number of hydroxylamine groups is 2. The number of ether oxygens (including phenoxy) is 2. The van der Waals surface area contributed by atoms with Crippen LogP contribution in [0.3, 0.4) is 0 Å². The molecule has 4 rings (SSSR count). The van der Waals surface area contributed by atoms with E-state index in [0.29, 0.717) is 12.1 Å². The molecular formula is C24H26N2O5. The summed E-state index contributed by atoms with van der Waals surface area (Å²) in [5.74, 6) is 0. The molecule has 1 atom stereocenters. The second-order valence-electron chi connectivity index (χ2n) is 8.39. The Bertz CT molecular complexity index is 1110. The highest BCUT2D eigenvalue weighted by Gasteiger charge is 2.39. The number of aromatic nitrogens is 1. The quantitative estimate of drug-likeness (QED) is 0.548. The lowest BCUT2D eigenvalue weighted by molar-refractivity contribution is -0.149. The van der Waals surface area contributed by atoms with Crippen molar-refractivity contribution in [2.75, 3.05) is 13.7 Å². The number of hydrogen-bond donors (Lipinski definition) is 0. The Morgan fingerprint density at radius 2 is 1.68 bits per heavy atom. The molecule has 0 saturated carbocycles. The number of rotatable bonds is 1. The summed E-state index contributed by atoms with van der Waals surface area (Å²) in [5.41, 5.74) is 2.44. The Hall–Kier alpha value is -3.32. The maximum absolute atomic E-state index is 13.4. The number of carbonyl (C=O) groups is 2. The molecule has 1 aromatic heterocycles. The van der Waals surface area contributed by atoms with Gasteiger partial charge in [0.05, 0.1) is 24.9 Å². The average Bonchev–Trinajstić information content (AvgIpc) is 2.93. The van der Waals surface area contributed by atoms with E-state index in [1.807, 2.05) is 75.4 Å². The second kappa shape index (κ2) is 8.07. The van der Waals surface area contributed by atoms with Gasteiger partial charge in [0, 0.05) is 11.8 Å².